The van der Waals surface area contributed by atoms with Crippen LogP contribution >= 0.6 is 11.3 Å². The molecule has 4 nitrogen and oxygen atoms in total. The fourth-order valence-electron chi connectivity index (χ4n) is 2.29. The number of carbonyl (C=O) groups excluding carboxylic acids is 1. The Bertz CT molecular complexity index is 876. The Kier molecular flexibility index (Phi) is 6.22. The summed E-state index contributed by atoms with van der Waals surface area (Å²) in [6.07, 6.45) is 8.09. The van der Waals surface area contributed by atoms with Crippen LogP contribution in [-0.2, 0) is 16.0 Å². The highest BCUT2D eigenvalue weighted by Gasteiger charge is 2.04. The third-order valence-electron chi connectivity index (χ3n) is 3.61. The maximum atomic E-state index is 13.0. The second kappa shape index (κ2) is 9.01. The van der Waals surface area contributed by atoms with Gasteiger partial charge in [-0.25, -0.2) is 14.2 Å². The molecule has 0 aliphatic carbocycles. The van der Waals surface area contributed by atoms with Crippen molar-refractivity contribution in [1.29, 1.82) is 0 Å². The molecular formula is C20H17FN2O2S. The Balaban J connectivity index is 1.45. The van der Waals surface area contributed by atoms with E-state index in [-0.39, 0.29) is 5.82 Å². The van der Waals surface area contributed by atoms with Crippen LogP contribution in [-0.4, -0.2) is 22.5 Å². The van der Waals surface area contributed by atoms with E-state index < -0.39 is 5.97 Å². The van der Waals surface area contributed by atoms with E-state index in [0.29, 0.717) is 12.3 Å². The summed E-state index contributed by atoms with van der Waals surface area (Å²) < 4.78 is 18.1. The summed E-state index contributed by atoms with van der Waals surface area (Å²) in [6, 6.07) is 10.0. The smallest absolute Gasteiger partial charge is 0.330 e. The molecule has 2 aromatic heterocycles. The highest BCUT2D eigenvalue weighted by Crippen LogP contribution is 2.24. The first kappa shape index (κ1) is 17.9. The van der Waals surface area contributed by atoms with Crippen LogP contribution in [0.5, 0.6) is 0 Å². The van der Waals surface area contributed by atoms with Crippen molar-refractivity contribution < 1.29 is 13.9 Å². The Morgan fingerprint density at radius 1 is 1.15 bits per heavy atom. The largest absolute Gasteiger partial charge is 0.463 e. The molecule has 0 saturated carbocycles. The van der Waals surface area contributed by atoms with Crippen molar-refractivity contribution in [2.45, 2.75) is 12.8 Å². The first-order valence-electron chi connectivity index (χ1n) is 8.16. The number of hydrogen-bond donors (Lipinski definition) is 0. The van der Waals surface area contributed by atoms with Gasteiger partial charge in [0.2, 0.25) is 0 Å². The van der Waals surface area contributed by atoms with Crippen LogP contribution in [0, 0.1) is 5.82 Å². The Hall–Kier alpha value is -2.86. The number of rotatable bonds is 7. The van der Waals surface area contributed by atoms with Gasteiger partial charge in [-0.1, -0.05) is 0 Å². The van der Waals surface area contributed by atoms with E-state index in [1.54, 1.807) is 30.6 Å². The first-order valence-corrected chi connectivity index (χ1v) is 9.04. The number of hydrogen-bond acceptors (Lipinski definition) is 5. The molecular weight excluding hydrogens is 351 g/mol. The van der Waals surface area contributed by atoms with Gasteiger partial charge < -0.3 is 4.74 Å². The molecule has 26 heavy (non-hydrogen) atoms. The summed E-state index contributed by atoms with van der Waals surface area (Å²) in [5.41, 5.74) is 2.68. The number of thiazole rings is 1. The number of ether oxygens (including phenoxy) is 1. The normalized spacial score (nSPS) is 11.0. The van der Waals surface area contributed by atoms with Crippen LogP contribution in [0.3, 0.4) is 0 Å². The third-order valence-corrected chi connectivity index (χ3v) is 4.52. The van der Waals surface area contributed by atoms with Gasteiger partial charge in [0.15, 0.2) is 0 Å². The van der Waals surface area contributed by atoms with Crippen LogP contribution in [0.1, 0.15) is 17.7 Å². The predicted octanol–water partition coefficient (Wildman–Crippen LogP) is 4.53. The van der Waals surface area contributed by atoms with Gasteiger partial charge in [-0.2, -0.15) is 0 Å². The van der Waals surface area contributed by atoms with Crippen molar-refractivity contribution in [3.05, 3.63) is 77.3 Å². The van der Waals surface area contributed by atoms with Gasteiger partial charge >= 0.3 is 5.97 Å². The van der Waals surface area contributed by atoms with Crippen molar-refractivity contribution in [1.82, 2.24) is 9.97 Å². The molecule has 0 amide bonds. The lowest BCUT2D eigenvalue weighted by Crippen LogP contribution is -2.03. The van der Waals surface area contributed by atoms with E-state index in [4.69, 9.17) is 4.74 Å². The van der Waals surface area contributed by atoms with Crippen LogP contribution in [0.4, 0.5) is 4.39 Å². The van der Waals surface area contributed by atoms with Gasteiger partial charge in [0.25, 0.3) is 0 Å². The number of halogens is 1. The zero-order valence-corrected chi connectivity index (χ0v) is 14.8. The Morgan fingerprint density at radius 2 is 1.92 bits per heavy atom. The maximum absolute atomic E-state index is 13.0. The topological polar surface area (TPSA) is 52.1 Å². The van der Waals surface area contributed by atoms with Gasteiger partial charge in [0.1, 0.15) is 10.8 Å². The lowest BCUT2D eigenvalue weighted by molar-refractivity contribution is -0.137. The fraction of sp³-hybridized carbons (Fsp3) is 0.150. The monoisotopic (exact) mass is 368 g/mol. The van der Waals surface area contributed by atoms with E-state index in [1.807, 2.05) is 17.5 Å². The molecule has 0 bridgehead atoms. The molecule has 0 aliphatic rings. The zero-order valence-electron chi connectivity index (χ0n) is 14.0. The first-order chi connectivity index (χ1) is 12.7. The Labute approximate surface area is 155 Å². The standard InChI is InChI=1S/C20H17FN2O2S/c21-17-5-3-16(4-6-17)20-23-18(14-26-20)7-8-19(24)25-13-1-2-15-9-11-22-12-10-15/h3-12,14H,1-2,13H2/b8-7+. The zero-order chi connectivity index (χ0) is 18.2. The third kappa shape index (κ3) is 5.32. The minimum Gasteiger partial charge on any atom is -0.463 e. The van der Waals surface area contributed by atoms with Crippen molar-refractivity contribution in [2.75, 3.05) is 6.61 Å². The van der Waals surface area contributed by atoms with E-state index in [2.05, 4.69) is 9.97 Å². The molecule has 0 radical (unpaired) electrons. The summed E-state index contributed by atoms with van der Waals surface area (Å²) in [7, 11) is 0. The Morgan fingerprint density at radius 3 is 2.69 bits per heavy atom. The molecule has 0 N–H and O–H groups in total. The number of carbonyl (C=O) groups is 1. The number of pyridine rings is 1. The van der Waals surface area contributed by atoms with Gasteiger partial charge in [-0.15, -0.1) is 11.3 Å². The highest BCUT2D eigenvalue weighted by molar-refractivity contribution is 7.13. The van der Waals surface area contributed by atoms with E-state index in [1.165, 1.54) is 35.1 Å². The molecule has 0 spiro atoms. The van der Waals surface area contributed by atoms with Crippen LogP contribution in [0.15, 0.2) is 60.2 Å². The number of nitrogens with zero attached hydrogens (tertiary/aromatic N) is 2. The van der Waals surface area contributed by atoms with Gasteiger partial charge in [-0.05, 0) is 60.9 Å². The molecule has 3 rings (SSSR count). The van der Waals surface area contributed by atoms with E-state index in [9.17, 15) is 9.18 Å². The summed E-state index contributed by atoms with van der Waals surface area (Å²) in [5.74, 6) is -0.673. The van der Waals surface area contributed by atoms with Crippen LogP contribution in [0.25, 0.3) is 16.6 Å². The predicted molar refractivity (Wildman–Crippen MR) is 100 cm³/mol. The molecule has 6 heteroatoms. The molecule has 132 valence electrons. The minimum atomic E-state index is -0.393. The summed E-state index contributed by atoms with van der Waals surface area (Å²) in [5, 5.41) is 2.61. The lowest BCUT2D eigenvalue weighted by atomic mass is 10.1. The fourth-order valence-corrected chi connectivity index (χ4v) is 3.08. The average Bonchev–Trinajstić information content (AvgIpc) is 3.14. The molecule has 2 heterocycles. The van der Waals surface area contributed by atoms with Crippen molar-refractivity contribution in [3.8, 4) is 10.6 Å². The summed E-state index contributed by atoms with van der Waals surface area (Å²) >= 11 is 1.44. The van der Waals surface area contributed by atoms with Gasteiger partial charge in [-0.3, -0.25) is 4.98 Å². The molecule has 0 unspecified atom stereocenters. The van der Waals surface area contributed by atoms with Gasteiger partial charge in [0.05, 0.1) is 12.3 Å². The highest BCUT2D eigenvalue weighted by atomic mass is 32.1. The number of aryl methyl sites for hydroxylation is 1. The molecule has 0 atom stereocenters. The van der Waals surface area contributed by atoms with Crippen LogP contribution in [0.2, 0.25) is 0 Å². The summed E-state index contributed by atoms with van der Waals surface area (Å²) in [6.45, 7) is 0.364. The van der Waals surface area contributed by atoms with Gasteiger partial charge in [0, 0.05) is 29.4 Å². The summed E-state index contributed by atoms with van der Waals surface area (Å²) in [4.78, 5) is 20.1. The van der Waals surface area contributed by atoms with Crippen molar-refractivity contribution in [2.24, 2.45) is 0 Å². The molecule has 1 aromatic carbocycles. The second-order valence-electron chi connectivity index (χ2n) is 5.54. The average molecular weight is 368 g/mol. The molecule has 0 fully saturated rings. The molecule has 3 aromatic rings. The second-order valence-corrected chi connectivity index (χ2v) is 6.40. The number of benzene rings is 1. The molecule has 0 saturated heterocycles. The number of esters is 1. The minimum absolute atomic E-state index is 0.280. The molecule has 0 aliphatic heterocycles. The van der Waals surface area contributed by atoms with Crippen LogP contribution < -0.4 is 0 Å². The van der Waals surface area contributed by atoms with Crippen molar-refractivity contribution in [3.63, 3.8) is 0 Å². The number of aromatic nitrogens is 2. The maximum Gasteiger partial charge on any atom is 0.330 e. The van der Waals surface area contributed by atoms with E-state index in [0.717, 1.165) is 23.4 Å². The van der Waals surface area contributed by atoms with E-state index >= 15 is 0 Å². The van der Waals surface area contributed by atoms with Crippen molar-refractivity contribution >= 4 is 23.4 Å². The quantitative estimate of drug-likeness (QED) is 0.349. The SMILES string of the molecule is O=C(/C=C/c1csc(-c2ccc(F)cc2)n1)OCCCc1ccncc1. The lowest BCUT2D eigenvalue weighted by Gasteiger charge is -2.02.